The SMILES string of the molecule is CCCCCNC(=O)C1CCCC(N)C1. The van der Waals surface area contributed by atoms with E-state index in [4.69, 9.17) is 5.73 Å². The molecular formula is C12H24N2O. The van der Waals surface area contributed by atoms with E-state index < -0.39 is 0 Å². The first-order valence-corrected chi connectivity index (χ1v) is 6.27. The van der Waals surface area contributed by atoms with Crippen molar-refractivity contribution in [2.75, 3.05) is 6.54 Å². The predicted octanol–water partition coefficient (Wildman–Crippen LogP) is 1.81. The summed E-state index contributed by atoms with van der Waals surface area (Å²) in [6.07, 6.45) is 7.58. The molecule has 1 rings (SSSR count). The molecule has 0 saturated heterocycles. The van der Waals surface area contributed by atoms with E-state index in [1.54, 1.807) is 0 Å². The van der Waals surface area contributed by atoms with Gasteiger partial charge in [-0.2, -0.15) is 0 Å². The lowest BCUT2D eigenvalue weighted by molar-refractivity contribution is -0.126. The first-order valence-electron chi connectivity index (χ1n) is 6.27. The van der Waals surface area contributed by atoms with Crippen molar-refractivity contribution < 1.29 is 4.79 Å². The summed E-state index contributed by atoms with van der Waals surface area (Å²) in [6.45, 7) is 3.00. The summed E-state index contributed by atoms with van der Waals surface area (Å²) in [5, 5.41) is 3.01. The van der Waals surface area contributed by atoms with Crippen molar-refractivity contribution in [2.24, 2.45) is 11.7 Å². The van der Waals surface area contributed by atoms with Gasteiger partial charge in [-0.1, -0.05) is 26.2 Å². The molecular weight excluding hydrogens is 188 g/mol. The van der Waals surface area contributed by atoms with Crippen molar-refractivity contribution in [3.8, 4) is 0 Å². The Bertz CT molecular complexity index is 194. The molecule has 1 amide bonds. The summed E-state index contributed by atoms with van der Waals surface area (Å²) in [6, 6.07) is 0.241. The summed E-state index contributed by atoms with van der Waals surface area (Å²) in [5.41, 5.74) is 5.86. The Labute approximate surface area is 92.8 Å². The van der Waals surface area contributed by atoms with Gasteiger partial charge in [0.1, 0.15) is 0 Å². The molecule has 0 aromatic rings. The third-order valence-corrected chi connectivity index (χ3v) is 3.17. The largest absolute Gasteiger partial charge is 0.356 e. The third kappa shape index (κ3) is 4.65. The average Bonchev–Trinajstić information content (AvgIpc) is 2.24. The number of carbonyl (C=O) groups excluding carboxylic acids is 1. The Morgan fingerprint density at radius 1 is 1.40 bits per heavy atom. The van der Waals surface area contributed by atoms with Crippen LogP contribution in [0.2, 0.25) is 0 Å². The standard InChI is InChI=1S/C12H24N2O/c1-2-3-4-8-14-12(15)10-6-5-7-11(13)9-10/h10-11H,2-9,13H2,1H3,(H,14,15). The topological polar surface area (TPSA) is 55.1 Å². The van der Waals surface area contributed by atoms with E-state index in [1.165, 1.54) is 12.8 Å². The third-order valence-electron chi connectivity index (χ3n) is 3.17. The first kappa shape index (κ1) is 12.5. The smallest absolute Gasteiger partial charge is 0.223 e. The van der Waals surface area contributed by atoms with Gasteiger partial charge >= 0.3 is 0 Å². The number of nitrogens with one attached hydrogen (secondary N) is 1. The van der Waals surface area contributed by atoms with Gasteiger partial charge in [0, 0.05) is 18.5 Å². The van der Waals surface area contributed by atoms with Crippen molar-refractivity contribution in [1.82, 2.24) is 5.32 Å². The minimum atomic E-state index is 0.176. The van der Waals surface area contributed by atoms with Crippen LogP contribution in [-0.2, 0) is 4.79 Å². The highest BCUT2D eigenvalue weighted by atomic mass is 16.1. The molecule has 0 heterocycles. The number of amides is 1. The fourth-order valence-corrected chi connectivity index (χ4v) is 2.20. The number of carbonyl (C=O) groups is 1. The van der Waals surface area contributed by atoms with Crippen LogP contribution in [-0.4, -0.2) is 18.5 Å². The van der Waals surface area contributed by atoms with Crippen LogP contribution < -0.4 is 11.1 Å². The lowest BCUT2D eigenvalue weighted by atomic mass is 9.85. The zero-order valence-corrected chi connectivity index (χ0v) is 9.80. The zero-order chi connectivity index (χ0) is 11.1. The van der Waals surface area contributed by atoms with Gasteiger partial charge in [-0.05, 0) is 25.7 Å². The van der Waals surface area contributed by atoms with Crippen molar-refractivity contribution in [3.63, 3.8) is 0 Å². The van der Waals surface area contributed by atoms with E-state index in [0.717, 1.165) is 38.6 Å². The van der Waals surface area contributed by atoms with Crippen LogP contribution in [0.3, 0.4) is 0 Å². The Hall–Kier alpha value is -0.570. The van der Waals surface area contributed by atoms with Crippen molar-refractivity contribution in [2.45, 2.75) is 57.9 Å². The molecule has 3 heteroatoms. The minimum Gasteiger partial charge on any atom is -0.356 e. The quantitative estimate of drug-likeness (QED) is 0.683. The van der Waals surface area contributed by atoms with Crippen LogP contribution in [0.4, 0.5) is 0 Å². The molecule has 1 aliphatic rings. The fourth-order valence-electron chi connectivity index (χ4n) is 2.20. The molecule has 0 aromatic heterocycles. The van der Waals surface area contributed by atoms with Gasteiger partial charge in [-0.15, -0.1) is 0 Å². The van der Waals surface area contributed by atoms with E-state index in [0.29, 0.717) is 0 Å². The second-order valence-electron chi connectivity index (χ2n) is 4.62. The van der Waals surface area contributed by atoms with Gasteiger partial charge in [-0.25, -0.2) is 0 Å². The molecule has 0 aromatic carbocycles. The molecule has 3 N–H and O–H groups in total. The maximum absolute atomic E-state index is 11.7. The maximum atomic E-state index is 11.7. The molecule has 0 radical (unpaired) electrons. The van der Waals surface area contributed by atoms with Gasteiger partial charge in [0.05, 0.1) is 0 Å². The Kier molecular flexibility index (Phi) is 5.69. The van der Waals surface area contributed by atoms with Crippen molar-refractivity contribution >= 4 is 5.91 Å². The van der Waals surface area contributed by atoms with Crippen LogP contribution in [0.15, 0.2) is 0 Å². The zero-order valence-electron chi connectivity index (χ0n) is 9.80. The average molecular weight is 212 g/mol. The van der Waals surface area contributed by atoms with Crippen LogP contribution >= 0.6 is 0 Å². The highest BCUT2D eigenvalue weighted by molar-refractivity contribution is 5.78. The van der Waals surface area contributed by atoms with Crippen molar-refractivity contribution in [3.05, 3.63) is 0 Å². The maximum Gasteiger partial charge on any atom is 0.223 e. The van der Waals surface area contributed by atoms with Crippen LogP contribution in [0.1, 0.15) is 51.9 Å². The van der Waals surface area contributed by atoms with Gasteiger partial charge in [0.15, 0.2) is 0 Å². The molecule has 0 spiro atoms. The molecule has 3 nitrogen and oxygen atoms in total. The summed E-state index contributed by atoms with van der Waals surface area (Å²) in [4.78, 5) is 11.7. The molecule has 0 aliphatic heterocycles. The van der Waals surface area contributed by atoms with E-state index in [-0.39, 0.29) is 17.9 Å². The van der Waals surface area contributed by atoms with Gasteiger partial charge < -0.3 is 11.1 Å². The summed E-state index contributed by atoms with van der Waals surface area (Å²) in [7, 11) is 0. The Morgan fingerprint density at radius 3 is 2.87 bits per heavy atom. The lowest BCUT2D eigenvalue weighted by Gasteiger charge is -2.25. The molecule has 15 heavy (non-hydrogen) atoms. The lowest BCUT2D eigenvalue weighted by Crippen LogP contribution is -2.38. The number of unbranched alkanes of at least 4 members (excludes halogenated alkanes) is 2. The molecule has 0 bridgehead atoms. The highest BCUT2D eigenvalue weighted by Gasteiger charge is 2.24. The molecule has 2 atom stereocenters. The van der Waals surface area contributed by atoms with Crippen LogP contribution in [0.25, 0.3) is 0 Å². The second kappa shape index (κ2) is 6.83. The summed E-state index contributed by atoms with van der Waals surface area (Å²) >= 11 is 0. The highest BCUT2D eigenvalue weighted by Crippen LogP contribution is 2.22. The monoisotopic (exact) mass is 212 g/mol. The first-order chi connectivity index (χ1) is 7.24. The molecule has 1 saturated carbocycles. The number of nitrogens with two attached hydrogens (primary N) is 1. The number of rotatable bonds is 5. The minimum absolute atomic E-state index is 0.176. The van der Waals surface area contributed by atoms with Crippen LogP contribution in [0.5, 0.6) is 0 Å². The van der Waals surface area contributed by atoms with Crippen molar-refractivity contribution in [1.29, 1.82) is 0 Å². The number of hydrogen-bond donors (Lipinski definition) is 2. The van der Waals surface area contributed by atoms with Gasteiger partial charge in [-0.3, -0.25) is 4.79 Å². The summed E-state index contributed by atoms with van der Waals surface area (Å²) < 4.78 is 0. The fraction of sp³-hybridized carbons (Fsp3) is 0.917. The summed E-state index contributed by atoms with van der Waals surface area (Å²) in [5.74, 6) is 0.400. The molecule has 1 fully saturated rings. The van der Waals surface area contributed by atoms with E-state index in [2.05, 4.69) is 12.2 Å². The van der Waals surface area contributed by atoms with E-state index in [1.807, 2.05) is 0 Å². The normalized spacial score (nSPS) is 26.3. The van der Waals surface area contributed by atoms with Crippen LogP contribution in [0, 0.1) is 5.92 Å². The molecule has 2 unspecified atom stereocenters. The Morgan fingerprint density at radius 2 is 2.20 bits per heavy atom. The van der Waals surface area contributed by atoms with Gasteiger partial charge in [0.25, 0.3) is 0 Å². The molecule has 88 valence electrons. The van der Waals surface area contributed by atoms with E-state index >= 15 is 0 Å². The molecule has 1 aliphatic carbocycles. The number of hydrogen-bond acceptors (Lipinski definition) is 2. The Balaban J connectivity index is 2.15. The second-order valence-corrected chi connectivity index (χ2v) is 4.62. The predicted molar refractivity (Wildman–Crippen MR) is 62.5 cm³/mol. The van der Waals surface area contributed by atoms with E-state index in [9.17, 15) is 4.79 Å². The van der Waals surface area contributed by atoms with Gasteiger partial charge in [0.2, 0.25) is 5.91 Å².